The summed E-state index contributed by atoms with van der Waals surface area (Å²) in [4.78, 5) is 16.8. The zero-order valence-electron chi connectivity index (χ0n) is 15.8. The molecule has 0 aromatic rings. The number of carbonyl (C=O) groups excluding carboxylic acids is 1. The average Bonchev–Trinajstić information content (AvgIpc) is 2.88. The van der Waals surface area contributed by atoms with Crippen molar-refractivity contribution in [2.75, 3.05) is 19.6 Å². The minimum Gasteiger partial charge on any atom is -0.444 e. The van der Waals surface area contributed by atoms with E-state index < -0.39 is 5.60 Å². The van der Waals surface area contributed by atoms with Crippen LogP contribution in [0.2, 0.25) is 0 Å². The number of hydrogen-bond acceptors (Lipinski definition) is 4. The van der Waals surface area contributed by atoms with E-state index in [4.69, 9.17) is 4.74 Å². The summed E-state index contributed by atoms with van der Waals surface area (Å²) in [5, 5.41) is 3.81. The van der Waals surface area contributed by atoms with Gasteiger partial charge in [0, 0.05) is 37.3 Å². The first-order valence-electron chi connectivity index (χ1n) is 9.17. The van der Waals surface area contributed by atoms with Gasteiger partial charge in [0.05, 0.1) is 0 Å². The summed E-state index contributed by atoms with van der Waals surface area (Å²) in [6.45, 7) is 15.5. The molecule has 2 fully saturated rings. The molecule has 0 aliphatic carbocycles. The quantitative estimate of drug-likeness (QED) is 0.866. The Balaban J connectivity index is 1.90. The molecule has 2 saturated heterocycles. The van der Waals surface area contributed by atoms with Crippen LogP contribution >= 0.6 is 0 Å². The highest BCUT2D eigenvalue weighted by Gasteiger charge is 2.35. The van der Waals surface area contributed by atoms with Crippen molar-refractivity contribution in [1.29, 1.82) is 0 Å². The molecule has 0 aromatic carbocycles. The summed E-state index contributed by atoms with van der Waals surface area (Å²) in [5.41, 5.74) is -0.430. The van der Waals surface area contributed by atoms with Crippen molar-refractivity contribution < 1.29 is 9.53 Å². The normalized spacial score (nSPS) is 30.0. The summed E-state index contributed by atoms with van der Waals surface area (Å²) in [6.07, 6.45) is 3.21. The number of hydrogen-bond donors (Lipinski definition) is 1. The summed E-state index contributed by atoms with van der Waals surface area (Å²) < 4.78 is 5.57. The van der Waals surface area contributed by atoms with E-state index in [1.165, 1.54) is 13.0 Å². The molecule has 3 atom stereocenters. The summed E-state index contributed by atoms with van der Waals surface area (Å²) in [7, 11) is 0. The molecular weight excluding hydrogens is 290 g/mol. The Bertz CT molecular complexity index is 406. The van der Waals surface area contributed by atoms with Gasteiger partial charge in [-0.1, -0.05) is 0 Å². The van der Waals surface area contributed by atoms with Gasteiger partial charge < -0.3 is 15.0 Å². The van der Waals surface area contributed by atoms with Gasteiger partial charge in [-0.3, -0.25) is 4.90 Å². The van der Waals surface area contributed by atoms with Crippen molar-refractivity contribution in [3.05, 3.63) is 0 Å². The minimum atomic E-state index is -0.430. The highest BCUT2D eigenvalue weighted by atomic mass is 16.6. The Morgan fingerprint density at radius 2 is 1.91 bits per heavy atom. The van der Waals surface area contributed by atoms with Crippen LogP contribution in [0.15, 0.2) is 0 Å². The molecule has 0 radical (unpaired) electrons. The van der Waals surface area contributed by atoms with Gasteiger partial charge in [-0.15, -0.1) is 0 Å². The van der Waals surface area contributed by atoms with Crippen LogP contribution in [0.25, 0.3) is 0 Å². The Hall–Kier alpha value is -0.810. The standard InChI is InChI=1S/C18H35N3O2/c1-13(2)20-11-9-15(12-20)19-16-8-7-10-21(14(16)3)17(22)23-18(4,5)6/h13-16,19H,7-12H2,1-6H3. The number of likely N-dealkylation sites (tertiary alicyclic amines) is 2. The van der Waals surface area contributed by atoms with E-state index in [1.807, 2.05) is 25.7 Å². The molecule has 2 aliphatic rings. The largest absolute Gasteiger partial charge is 0.444 e. The lowest BCUT2D eigenvalue weighted by Crippen LogP contribution is -2.57. The zero-order chi connectivity index (χ0) is 17.2. The molecule has 2 aliphatic heterocycles. The summed E-state index contributed by atoms with van der Waals surface area (Å²) in [5.74, 6) is 0. The molecular formula is C18H35N3O2. The SMILES string of the molecule is CC(C)N1CCC(NC2CCCN(C(=O)OC(C)(C)C)C2C)C1. The fourth-order valence-electron chi connectivity index (χ4n) is 3.64. The lowest BCUT2D eigenvalue weighted by molar-refractivity contribution is 0.00637. The Labute approximate surface area is 141 Å². The van der Waals surface area contributed by atoms with Gasteiger partial charge in [0.1, 0.15) is 5.60 Å². The van der Waals surface area contributed by atoms with Crippen LogP contribution in [0, 0.1) is 0 Å². The summed E-state index contributed by atoms with van der Waals surface area (Å²) in [6, 6.07) is 1.72. The number of ether oxygens (including phenoxy) is 1. The minimum absolute atomic E-state index is 0.174. The van der Waals surface area contributed by atoms with Crippen molar-refractivity contribution in [3.8, 4) is 0 Å². The fraction of sp³-hybridized carbons (Fsp3) is 0.944. The molecule has 0 aromatic heterocycles. The number of amides is 1. The van der Waals surface area contributed by atoms with Crippen molar-refractivity contribution in [2.24, 2.45) is 0 Å². The molecule has 5 heteroatoms. The molecule has 1 N–H and O–H groups in total. The van der Waals surface area contributed by atoms with Gasteiger partial charge >= 0.3 is 6.09 Å². The van der Waals surface area contributed by atoms with E-state index in [2.05, 4.69) is 31.0 Å². The molecule has 0 saturated carbocycles. The average molecular weight is 325 g/mol. The predicted octanol–water partition coefficient (Wildman–Crippen LogP) is 2.85. The maximum absolute atomic E-state index is 12.4. The van der Waals surface area contributed by atoms with Gasteiger partial charge in [-0.05, 0) is 67.3 Å². The number of rotatable bonds is 3. The van der Waals surface area contributed by atoms with Gasteiger partial charge in [0.2, 0.25) is 0 Å². The van der Waals surface area contributed by atoms with Crippen molar-refractivity contribution in [2.45, 2.75) is 90.6 Å². The smallest absolute Gasteiger partial charge is 0.410 e. The number of piperidine rings is 1. The van der Waals surface area contributed by atoms with Crippen molar-refractivity contribution in [3.63, 3.8) is 0 Å². The van der Waals surface area contributed by atoms with Crippen LogP contribution in [-0.4, -0.2) is 65.3 Å². The molecule has 2 rings (SSSR count). The number of carbonyl (C=O) groups is 1. The Morgan fingerprint density at radius 1 is 1.22 bits per heavy atom. The first-order valence-corrected chi connectivity index (χ1v) is 9.17. The highest BCUT2D eigenvalue weighted by Crippen LogP contribution is 2.22. The lowest BCUT2D eigenvalue weighted by atomic mass is 9.96. The van der Waals surface area contributed by atoms with E-state index in [-0.39, 0.29) is 12.1 Å². The van der Waals surface area contributed by atoms with Crippen LogP contribution in [0.5, 0.6) is 0 Å². The van der Waals surface area contributed by atoms with Crippen LogP contribution in [0.4, 0.5) is 4.79 Å². The second-order valence-electron chi connectivity index (χ2n) is 8.40. The molecule has 134 valence electrons. The molecule has 3 unspecified atom stereocenters. The van der Waals surface area contributed by atoms with Crippen LogP contribution in [0.3, 0.4) is 0 Å². The van der Waals surface area contributed by atoms with Gasteiger partial charge in [-0.2, -0.15) is 0 Å². The van der Waals surface area contributed by atoms with Crippen LogP contribution < -0.4 is 5.32 Å². The number of nitrogens with one attached hydrogen (secondary N) is 1. The maximum atomic E-state index is 12.4. The van der Waals surface area contributed by atoms with E-state index in [1.54, 1.807) is 0 Å². The first kappa shape index (κ1) is 18.5. The third kappa shape index (κ3) is 5.08. The van der Waals surface area contributed by atoms with E-state index >= 15 is 0 Å². The maximum Gasteiger partial charge on any atom is 0.410 e. The Kier molecular flexibility index (Phi) is 5.95. The Morgan fingerprint density at radius 3 is 2.48 bits per heavy atom. The molecule has 5 nitrogen and oxygen atoms in total. The molecule has 0 spiro atoms. The fourth-order valence-corrected chi connectivity index (χ4v) is 3.64. The summed E-state index contributed by atoms with van der Waals surface area (Å²) >= 11 is 0. The van der Waals surface area contributed by atoms with E-state index in [9.17, 15) is 4.79 Å². The number of nitrogens with zero attached hydrogens (tertiary/aromatic N) is 2. The van der Waals surface area contributed by atoms with Gasteiger partial charge in [0.15, 0.2) is 0 Å². The first-order chi connectivity index (χ1) is 10.7. The molecule has 23 heavy (non-hydrogen) atoms. The molecule has 1 amide bonds. The second-order valence-corrected chi connectivity index (χ2v) is 8.40. The second kappa shape index (κ2) is 7.39. The third-order valence-corrected chi connectivity index (χ3v) is 5.02. The predicted molar refractivity (Wildman–Crippen MR) is 93.7 cm³/mol. The topological polar surface area (TPSA) is 44.8 Å². The molecule has 2 heterocycles. The third-order valence-electron chi connectivity index (χ3n) is 5.02. The zero-order valence-corrected chi connectivity index (χ0v) is 15.8. The molecule has 0 bridgehead atoms. The van der Waals surface area contributed by atoms with Crippen LogP contribution in [0.1, 0.15) is 60.8 Å². The van der Waals surface area contributed by atoms with Gasteiger partial charge in [0.25, 0.3) is 0 Å². The van der Waals surface area contributed by atoms with Crippen molar-refractivity contribution >= 4 is 6.09 Å². The van der Waals surface area contributed by atoms with Crippen LogP contribution in [-0.2, 0) is 4.74 Å². The highest BCUT2D eigenvalue weighted by molar-refractivity contribution is 5.68. The van der Waals surface area contributed by atoms with Crippen molar-refractivity contribution in [1.82, 2.24) is 15.1 Å². The van der Waals surface area contributed by atoms with Gasteiger partial charge in [-0.25, -0.2) is 4.79 Å². The lowest BCUT2D eigenvalue weighted by Gasteiger charge is -2.41. The van der Waals surface area contributed by atoms with E-state index in [0.717, 1.165) is 25.9 Å². The monoisotopic (exact) mass is 325 g/mol. The van der Waals surface area contributed by atoms with E-state index in [0.29, 0.717) is 18.1 Å².